The van der Waals surface area contributed by atoms with Gasteiger partial charge < -0.3 is 5.32 Å². The summed E-state index contributed by atoms with van der Waals surface area (Å²) in [5.41, 5.74) is 1.95. The van der Waals surface area contributed by atoms with E-state index in [0.717, 1.165) is 10.9 Å². The predicted molar refractivity (Wildman–Crippen MR) is 73.9 cm³/mol. The molecule has 0 bridgehead atoms. The Kier molecular flexibility index (Phi) is 2.90. The highest BCUT2D eigenvalue weighted by Gasteiger charge is 2.07. The Morgan fingerprint density at radius 2 is 1.84 bits per heavy atom. The van der Waals surface area contributed by atoms with E-state index in [1.807, 2.05) is 30.3 Å². The van der Waals surface area contributed by atoms with Crippen LogP contribution in [0.25, 0.3) is 10.9 Å². The van der Waals surface area contributed by atoms with E-state index in [4.69, 9.17) is 0 Å². The number of nitrogens with one attached hydrogen (secondary N) is 1. The zero-order chi connectivity index (χ0) is 13.1. The molecule has 0 spiro atoms. The van der Waals surface area contributed by atoms with Crippen LogP contribution in [0.1, 0.15) is 10.5 Å². The van der Waals surface area contributed by atoms with Crippen LogP contribution in [0.3, 0.4) is 0 Å². The van der Waals surface area contributed by atoms with Crippen molar-refractivity contribution in [1.29, 1.82) is 0 Å². The molecule has 0 aliphatic rings. The number of pyridine rings is 2. The van der Waals surface area contributed by atoms with E-state index in [9.17, 15) is 4.79 Å². The Morgan fingerprint density at radius 3 is 2.68 bits per heavy atom. The van der Waals surface area contributed by atoms with Crippen molar-refractivity contribution in [3.63, 3.8) is 0 Å². The number of hydrogen-bond donors (Lipinski definition) is 1. The van der Waals surface area contributed by atoms with Gasteiger partial charge in [-0.2, -0.15) is 0 Å². The van der Waals surface area contributed by atoms with Gasteiger partial charge in [-0.25, -0.2) is 0 Å². The first kappa shape index (κ1) is 11.3. The fraction of sp³-hybridized carbons (Fsp3) is 0. The average molecular weight is 249 g/mol. The molecule has 0 atom stereocenters. The van der Waals surface area contributed by atoms with Gasteiger partial charge in [-0.1, -0.05) is 24.3 Å². The van der Waals surface area contributed by atoms with Gasteiger partial charge in [0.15, 0.2) is 0 Å². The summed E-state index contributed by atoms with van der Waals surface area (Å²) in [4.78, 5) is 20.2. The molecule has 2 aromatic heterocycles. The molecule has 0 unspecified atom stereocenters. The Morgan fingerprint density at radius 1 is 1.00 bits per heavy atom. The van der Waals surface area contributed by atoms with Crippen molar-refractivity contribution in [2.75, 3.05) is 5.32 Å². The van der Waals surface area contributed by atoms with Gasteiger partial charge in [0.1, 0.15) is 5.69 Å². The van der Waals surface area contributed by atoms with Crippen LogP contribution in [0.2, 0.25) is 0 Å². The molecule has 4 nitrogen and oxygen atoms in total. The van der Waals surface area contributed by atoms with E-state index in [2.05, 4.69) is 15.3 Å². The van der Waals surface area contributed by atoms with Gasteiger partial charge in [-0.15, -0.1) is 0 Å². The van der Waals surface area contributed by atoms with Crippen LogP contribution >= 0.6 is 0 Å². The fourth-order valence-electron chi connectivity index (χ4n) is 1.83. The van der Waals surface area contributed by atoms with Gasteiger partial charge in [0.25, 0.3) is 5.91 Å². The molecule has 2 heterocycles. The highest BCUT2D eigenvalue weighted by atomic mass is 16.1. The zero-order valence-corrected chi connectivity index (χ0v) is 10.1. The van der Waals surface area contributed by atoms with Crippen LogP contribution in [-0.4, -0.2) is 15.9 Å². The molecule has 1 amide bonds. The lowest BCUT2D eigenvalue weighted by Crippen LogP contribution is -2.13. The molecule has 1 N–H and O–H groups in total. The third kappa shape index (κ3) is 2.42. The number of anilines is 1. The number of carbonyl (C=O) groups excluding carboxylic acids is 1. The maximum Gasteiger partial charge on any atom is 0.274 e. The lowest BCUT2D eigenvalue weighted by atomic mass is 10.2. The van der Waals surface area contributed by atoms with E-state index in [1.54, 1.807) is 30.6 Å². The van der Waals surface area contributed by atoms with E-state index < -0.39 is 0 Å². The first-order valence-electron chi connectivity index (χ1n) is 5.90. The summed E-state index contributed by atoms with van der Waals surface area (Å²) in [6.45, 7) is 0. The van der Waals surface area contributed by atoms with Crippen LogP contribution in [0.5, 0.6) is 0 Å². The summed E-state index contributed by atoms with van der Waals surface area (Å²) >= 11 is 0. The highest BCUT2D eigenvalue weighted by Crippen LogP contribution is 2.16. The maximum absolute atomic E-state index is 11.9. The van der Waals surface area contributed by atoms with Crippen molar-refractivity contribution in [2.24, 2.45) is 0 Å². The largest absolute Gasteiger partial charge is 0.319 e. The number of aromatic nitrogens is 2. The Hall–Kier alpha value is -2.75. The molecule has 4 heteroatoms. The first-order chi connectivity index (χ1) is 9.33. The molecule has 19 heavy (non-hydrogen) atoms. The second kappa shape index (κ2) is 4.86. The minimum absolute atomic E-state index is 0.238. The van der Waals surface area contributed by atoms with Crippen LogP contribution in [0, 0.1) is 0 Å². The molecular formula is C15H11N3O. The van der Waals surface area contributed by atoms with Crippen molar-refractivity contribution >= 4 is 22.5 Å². The second-order valence-corrected chi connectivity index (χ2v) is 4.09. The summed E-state index contributed by atoms with van der Waals surface area (Å²) < 4.78 is 0. The van der Waals surface area contributed by atoms with Gasteiger partial charge in [0.05, 0.1) is 17.4 Å². The summed E-state index contributed by atoms with van der Waals surface area (Å²) in [5, 5.41) is 3.77. The van der Waals surface area contributed by atoms with Crippen molar-refractivity contribution in [3.8, 4) is 0 Å². The number of amides is 1. The quantitative estimate of drug-likeness (QED) is 0.759. The van der Waals surface area contributed by atoms with E-state index in [0.29, 0.717) is 11.4 Å². The summed E-state index contributed by atoms with van der Waals surface area (Å²) in [5.74, 6) is -0.238. The van der Waals surface area contributed by atoms with Crippen molar-refractivity contribution in [2.45, 2.75) is 0 Å². The molecule has 0 saturated heterocycles. The fourth-order valence-corrected chi connectivity index (χ4v) is 1.83. The van der Waals surface area contributed by atoms with Gasteiger partial charge >= 0.3 is 0 Å². The summed E-state index contributed by atoms with van der Waals surface area (Å²) in [6.07, 6.45) is 3.23. The van der Waals surface area contributed by atoms with E-state index >= 15 is 0 Å². The van der Waals surface area contributed by atoms with Gasteiger partial charge in [-0.05, 0) is 24.3 Å². The Bertz CT molecular complexity index is 726. The molecule has 0 saturated carbocycles. The second-order valence-electron chi connectivity index (χ2n) is 4.09. The van der Waals surface area contributed by atoms with E-state index in [-0.39, 0.29) is 5.91 Å². The standard InChI is InChI=1S/C15H11N3O/c19-15(14-7-3-4-8-16-14)18-12-9-11-5-1-2-6-13(11)17-10-12/h1-10H,(H,18,19). The molecule has 1 aromatic carbocycles. The van der Waals surface area contributed by atoms with Crippen molar-refractivity contribution in [3.05, 3.63) is 66.6 Å². The number of rotatable bonds is 2. The topological polar surface area (TPSA) is 54.9 Å². The number of fused-ring (bicyclic) bond motifs is 1. The molecule has 92 valence electrons. The SMILES string of the molecule is O=C(Nc1cnc2ccccc2c1)c1ccccn1. The molecule has 3 rings (SSSR count). The number of para-hydroxylation sites is 1. The molecule has 0 fully saturated rings. The Labute approximate surface area is 110 Å². The molecule has 3 aromatic rings. The third-order valence-corrected chi connectivity index (χ3v) is 2.75. The minimum Gasteiger partial charge on any atom is -0.319 e. The lowest BCUT2D eigenvalue weighted by Gasteiger charge is -2.05. The van der Waals surface area contributed by atoms with Crippen LogP contribution in [0.4, 0.5) is 5.69 Å². The van der Waals surface area contributed by atoms with Gasteiger partial charge in [-0.3, -0.25) is 14.8 Å². The lowest BCUT2D eigenvalue weighted by molar-refractivity contribution is 0.102. The average Bonchev–Trinajstić information content (AvgIpc) is 2.48. The van der Waals surface area contributed by atoms with E-state index in [1.165, 1.54) is 0 Å². The van der Waals surface area contributed by atoms with Crippen LogP contribution < -0.4 is 5.32 Å². The normalized spacial score (nSPS) is 10.3. The highest BCUT2D eigenvalue weighted by molar-refractivity contribution is 6.03. The minimum atomic E-state index is -0.238. The smallest absolute Gasteiger partial charge is 0.274 e. The number of benzene rings is 1. The molecular weight excluding hydrogens is 238 g/mol. The van der Waals surface area contributed by atoms with Gasteiger partial charge in [0, 0.05) is 11.6 Å². The number of carbonyl (C=O) groups is 1. The molecule has 0 aliphatic heterocycles. The predicted octanol–water partition coefficient (Wildman–Crippen LogP) is 2.88. The first-order valence-corrected chi connectivity index (χ1v) is 5.90. The van der Waals surface area contributed by atoms with Crippen molar-refractivity contribution < 1.29 is 4.79 Å². The molecule has 0 radical (unpaired) electrons. The van der Waals surface area contributed by atoms with Crippen LogP contribution in [-0.2, 0) is 0 Å². The zero-order valence-electron chi connectivity index (χ0n) is 10.1. The van der Waals surface area contributed by atoms with Crippen LogP contribution in [0.15, 0.2) is 60.9 Å². The molecule has 0 aliphatic carbocycles. The van der Waals surface area contributed by atoms with Crippen molar-refractivity contribution in [1.82, 2.24) is 9.97 Å². The number of hydrogen-bond acceptors (Lipinski definition) is 3. The number of nitrogens with zero attached hydrogens (tertiary/aromatic N) is 2. The van der Waals surface area contributed by atoms with Gasteiger partial charge in [0.2, 0.25) is 0 Å². The Balaban J connectivity index is 1.87. The summed E-state index contributed by atoms with van der Waals surface area (Å²) in [6, 6.07) is 14.9. The monoisotopic (exact) mass is 249 g/mol. The third-order valence-electron chi connectivity index (χ3n) is 2.75. The summed E-state index contributed by atoms with van der Waals surface area (Å²) in [7, 11) is 0. The maximum atomic E-state index is 11.9.